The zero-order valence-corrected chi connectivity index (χ0v) is 42.5. The lowest BCUT2D eigenvalue weighted by atomic mass is 9.94. The Morgan fingerprint density at radius 1 is 0.708 bits per heavy atom. The minimum atomic E-state index is -1.14. The molecule has 4 heterocycles. The number of carboxylic acids is 1. The number of hydrogen-bond donors (Lipinski definition) is 3. The highest BCUT2D eigenvalue weighted by Crippen LogP contribution is 2.40. The first-order valence-electron chi connectivity index (χ1n) is 24.8. The molecule has 72 heavy (non-hydrogen) atoms. The fourth-order valence-electron chi connectivity index (χ4n) is 9.48. The molecule has 1 saturated carbocycles. The number of carbonyl (C=O) groups is 4. The van der Waals surface area contributed by atoms with Gasteiger partial charge in [-0.3, -0.25) is 38.7 Å². The number of hydrogen-bond acceptors (Lipinski definition) is 9. The molecule has 2 amide bonds. The molecule has 3 N–H and O–H groups in total. The molecule has 7 rings (SSSR count). The fraction of sp³-hybridized carbons (Fsp3) is 0.379. The van der Waals surface area contributed by atoms with Crippen LogP contribution < -0.4 is 21.8 Å². The molecule has 14 heteroatoms. The number of carboxylic acid groups (broad SMARTS) is 1. The highest BCUT2D eigenvalue weighted by atomic mass is 16.5. The molecule has 2 aromatic carbocycles. The van der Waals surface area contributed by atoms with E-state index in [-0.39, 0.29) is 30.9 Å². The van der Waals surface area contributed by atoms with Crippen molar-refractivity contribution in [2.75, 3.05) is 6.61 Å². The number of esters is 1. The topological polar surface area (TPSA) is 192 Å². The SMILES string of the molecule is Cc1ccn(C(CC(C)COC(=O)C[C@@H](NC(=O)[C@H](CC(C)C)n2cc(C3CC3)ccc2=O)c2cncc(-c3c(C)cccc3C)c2)C(=O)N[C@H](CC(=O)O)c2cnc(C)c(-c3ccccc3C)c2)c(=O)c1. The molecule has 376 valence electrons. The van der Waals surface area contributed by atoms with Gasteiger partial charge in [0.05, 0.1) is 31.5 Å². The van der Waals surface area contributed by atoms with Crippen LogP contribution in [0.4, 0.5) is 0 Å². The Morgan fingerprint density at radius 2 is 1.36 bits per heavy atom. The van der Waals surface area contributed by atoms with Crippen LogP contribution in [0.3, 0.4) is 0 Å². The predicted molar refractivity (Wildman–Crippen MR) is 277 cm³/mol. The second kappa shape index (κ2) is 23.2. The molecule has 1 aliphatic rings. The van der Waals surface area contributed by atoms with E-state index in [4.69, 9.17) is 4.74 Å². The summed E-state index contributed by atoms with van der Waals surface area (Å²) in [6.45, 7) is 15.3. The summed E-state index contributed by atoms with van der Waals surface area (Å²) in [7, 11) is 0. The van der Waals surface area contributed by atoms with E-state index in [9.17, 15) is 33.9 Å². The highest BCUT2D eigenvalue weighted by Gasteiger charge is 2.32. The number of ether oxygens (including phenoxy) is 1. The first-order valence-corrected chi connectivity index (χ1v) is 24.8. The molecule has 0 spiro atoms. The molecule has 4 aromatic heterocycles. The van der Waals surface area contributed by atoms with Crippen LogP contribution in [0.25, 0.3) is 22.3 Å². The van der Waals surface area contributed by atoms with Crippen molar-refractivity contribution in [2.24, 2.45) is 11.8 Å². The molecule has 1 aliphatic carbocycles. The Labute approximate surface area is 420 Å². The van der Waals surface area contributed by atoms with Gasteiger partial charge in [-0.25, -0.2) is 0 Å². The average Bonchev–Trinajstić information content (AvgIpc) is 4.18. The van der Waals surface area contributed by atoms with Crippen molar-refractivity contribution in [3.8, 4) is 22.3 Å². The van der Waals surface area contributed by atoms with Crippen molar-refractivity contribution in [3.05, 3.63) is 175 Å². The number of nitrogens with zero attached hydrogens (tertiary/aromatic N) is 4. The van der Waals surface area contributed by atoms with Crippen LogP contribution in [0.5, 0.6) is 0 Å². The Bertz CT molecular complexity index is 3060. The van der Waals surface area contributed by atoms with E-state index >= 15 is 0 Å². The van der Waals surface area contributed by atoms with E-state index in [2.05, 4.69) is 20.6 Å². The molecule has 14 nitrogen and oxygen atoms in total. The molecule has 1 fully saturated rings. The third-order valence-electron chi connectivity index (χ3n) is 13.5. The minimum absolute atomic E-state index is 0.0376. The third kappa shape index (κ3) is 13.1. The third-order valence-corrected chi connectivity index (χ3v) is 13.5. The standard InChI is InChI=1S/C58H66N6O8/c1-34(2)22-50(64-32-42(41-16-17-41)18-19-52(64)65)57(70)62-49(43-25-45(30-59-29-43)56-38(6)13-11-14-39(56)7)28-55(69)72-33-36(4)23-51(63-21-20-35(3)24-53(63)66)58(71)61-48(27-54(67)68)44-26-47(40(8)60-31-44)46-15-10-9-12-37(46)5/h9-15,18-21,24-26,29-32,34,36,41,48-51H,16-17,22-23,27-28,33H2,1-8H3,(H,61,71)(H,62,70)(H,67,68)/t36?,48-,49-,50+,51?/m1/s1. The Balaban J connectivity index is 1.13. The lowest BCUT2D eigenvalue weighted by Crippen LogP contribution is -2.40. The van der Waals surface area contributed by atoms with Crippen molar-refractivity contribution in [2.45, 2.75) is 124 Å². The van der Waals surface area contributed by atoms with Gasteiger partial charge in [0.2, 0.25) is 11.8 Å². The molecule has 0 aliphatic heterocycles. The summed E-state index contributed by atoms with van der Waals surface area (Å²) in [6, 6.07) is 20.1. The van der Waals surface area contributed by atoms with Gasteiger partial charge in [0.25, 0.3) is 11.1 Å². The predicted octanol–water partition coefficient (Wildman–Crippen LogP) is 9.53. The number of aromatic nitrogens is 4. The summed E-state index contributed by atoms with van der Waals surface area (Å²) in [6.07, 6.45) is 9.99. The summed E-state index contributed by atoms with van der Waals surface area (Å²) in [5, 5.41) is 16.1. The van der Waals surface area contributed by atoms with Crippen molar-refractivity contribution < 1.29 is 29.0 Å². The Kier molecular flexibility index (Phi) is 16.8. The summed E-state index contributed by atoms with van der Waals surface area (Å²) >= 11 is 0. The average molecular weight is 975 g/mol. The van der Waals surface area contributed by atoms with Gasteiger partial charge in [-0.1, -0.05) is 69.3 Å². The van der Waals surface area contributed by atoms with Gasteiger partial charge >= 0.3 is 11.9 Å². The van der Waals surface area contributed by atoms with Crippen LogP contribution in [-0.2, 0) is 23.9 Å². The van der Waals surface area contributed by atoms with Crippen LogP contribution in [0, 0.1) is 46.5 Å². The summed E-state index contributed by atoms with van der Waals surface area (Å²) in [4.78, 5) is 91.6. The quantitative estimate of drug-likeness (QED) is 0.0586. The molecule has 0 saturated heterocycles. The normalized spacial score (nSPS) is 14.5. The van der Waals surface area contributed by atoms with E-state index < -0.39 is 65.8 Å². The second-order valence-corrected chi connectivity index (χ2v) is 20.0. The van der Waals surface area contributed by atoms with Gasteiger partial charge in [-0.2, -0.15) is 0 Å². The van der Waals surface area contributed by atoms with Gasteiger partial charge in [0, 0.05) is 59.9 Å². The fourth-order valence-corrected chi connectivity index (χ4v) is 9.48. The lowest BCUT2D eigenvalue weighted by molar-refractivity contribution is -0.146. The highest BCUT2D eigenvalue weighted by molar-refractivity contribution is 5.83. The van der Waals surface area contributed by atoms with Crippen LogP contribution in [0.2, 0.25) is 0 Å². The van der Waals surface area contributed by atoms with Crippen molar-refractivity contribution in [1.29, 1.82) is 0 Å². The number of aliphatic carboxylic acids is 1. The molecule has 5 atom stereocenters. The van der Waals surface area contributed by atoms with E-state index in [1.807, 2.05) is 102 Å². The summed E-state index contributed by atoms with van der Waals surface area (Å²) < 4.78 is 8.77. The number of amides is 2. The lowest BCUT2D eigenvalue weighted by Gasteiger charge is -2.27. The van der Waals surface area contributed by atoms with Gasteiger partial charge in [0.15, 0.2) is 0 Å². The van der Waals surface area contributed by atoms with E-state index in [0.717, 1.165) is 63.0 Å². The maximum atomic E-state index is 14.6. The molecule has 6 aromatic rings. The first kappa shape index (κ1) is 52.3. The molecule has 0 bridgehead atoms. The van der Waals surface area contributed by atoms with Gasteiger partial charge in [-0.15, -0.1) is 0 Å². The largest absolute Gasteiger partial charge is 0.481 e. The van der Waals surface area contributed by atoms with Gasteiger partial charge in [-0.05, 0) is 146 Å². The molecule has 2 unspecified atom stereocenters. The number of benzene rings is 2. The number of rotatable bonds is 21. The van der Waals surface area contributed by atoms with Crippen LogP contribution in [0.15, 0.2) is 119 Å². The minimum Gasteiger partial charge on any atom is -0.481 e. The maximum Gasteiger partial charge on any atom is 0.308 e. The van der Waals surface area contributed by atoms with Crippen LogP contribution in [0.1, 0.15) is 134 Å². The smallest absolute Gasteiger partial charge is 0.308 e. The summed E-state index contributed by atoms with van der Waals surface area (Å²) in [5.41, 5.74) is 9.36. The molecule has 0 radical (unpaired) electrons. The first-order chi connectivity index (χ1) is 34.4. The molecular weight excluding hydrogens is 909 g/mol. The number of aryl methyl sites for hydroxylation is 5. The van der Waals surface area contributed by atoms with Crippen LogP contribution >= 0.6 is 0 Å². The Hall–Kier alpha value is -7.48. The number of carbonyl (C=O) groups excluding carboxylic acids is 3. The van der Waals surface area contributed by atoms with E-state index in [0.29, 0.717) is 29.0 Å². The summed E-state index contributed by atoms with van der Waals surface area (Å²) in [5.74, 6) is -2.88. The van der Waals surface area contributed by atoms with Crippen molar-refractivity contribution in [1.82, 2.24) is 29.7 Å². The maximum absolute atomic E-state index is 14.6. The van der Waals surface area contributed by atoms with E-state index in [1.165, 1.54) is 27.5 Å². The van der Waals surface area contributed by atoms with Gasteiger partial charge in [0.1, 0.15) is 12.1 Å². The van der Waals surface area contributed by atoms with Crippen LogP contribution in [-0.4, -0.2) is 54.6 Å². The Morgan fingerprint density at radius 3 is 2.01 bits per heavy atom. The van der Waals surface area contributed by atoms with E-state index in [1.54, 1.807) is 44.7 Å². The number of pyridine rings is 4. The second-order valence-electron chi connectivity index (χ2n) is 20.0. The zero-order chi connectivity index (χ0) is 51.8. The number of nitrogens with one attached hydrogen (secondary N) is 2. The monoisotopic (exact) mass is 974 g/mol. The van der Waals surface area contributed by atoms with Crippen molar-refractivity contribution >= 4 is 23.8 Å². The zero-order valence-electron chi connectivity index (χ0n) is 42.5. The van der Waals surface area contributed by atoms with Gasteiger partial charge < -0.3 is 29.6 Å². The van der Waals surface area contributed by atoms with Crippen molar-refractivity contribution in [3.63, 3.8) is 0 Å². The molecular formula is C58H66N6O8.